The third kappa shape index (κ3) is 3.27. The lowest BCUT2D eigenvalue weighted by Crippen LogP contribution is -2.37. The van der Waals surface area contributed by atoms with Gasteiger partial charge in [0.15, 0.2) is 5.76 Å². The Morgan fingerprint density at radius 3 is 2.67 bits per heavy atom. The lowest BCUT2D eigenvalue weighted by molar-refractivity contribution is 0.122. The highest BCUT2D eigenvalue weighted by Crippen LogP contribution is 2.33. The molecule has 7 heteroatoms. The minimum Gasteiger partial charge on any atom is -0.378 e. The van der Waals surface area contributed by atoms with Gasteiger partial charge in [-0.15, -0.1) is 0 Å². The number of ether oxygens (including phenoxy) is 1. The van der Waals surface area contributed by atoms with E-state index in [1.807, 2.05) is 25.4 Å². The standard InChI is InChI=1S/C17H23N5O2/c1-13-9-16(24-20-13)15-3-2-4-22(15)12-14-10-18-17(19-11-14)21-5-7-23-8-6-21/h9-11,15H,2-8,12H2,1H3/t15-/m0/s1. The molecule has 2 aliphatic heterocycles. The average Bonchev–Trinajstić information content (AvgIpc) is 3.25. The predicted octanol–water partition coefficient (Wildman–Crippen LogP) is 1.95. The van der Waals surface area contributed by atoms with Gasteiger partial charge in [-0.1, -0.05) is 5.16 Å². The number of hydrogen-bond donors (Lipinski definition) is 0. The Hall–Kier alpha value is -1.99. The summed E-state index contributed by atoms with van der Waals surface area (Å²) in [6.45, 7) is 7.08. The first kappa shape index (κ1) is 15.5. The number of nitrogens with zero attached hydrogens (tertiary/aromatic N) is 5. The van der Waals surface area contributed by atoms with E-state index in [0.717, 1.165) is 68.8 Å². The monoisotopic (exact) mass is 329 g/mol. The summed E-state index contributed by atoms with van der Waals surface area (Å²) in [5.41, 5.74) is 2.07. The van der Waals surface area contributed by atoms with Crippen LogP contribution in [0.3, 0.4) is 0 Å². The Balaban J connectivity index is 1.42. The van der Waals surface area contributed by atoms with E-state index in [-0.39, 0.29) is 0 Å². The summed E-state index contributed by atoms with van der Waals surface area (Å²) in [4.78, 5) is 13.7. The van der Waals surface area contributed by atoms with Gasteiger partial charge in [-0.25, -0.2) is 9.97 Å². The number of likely N-dealkylation sites (tertiary alicyclic amines) is 1. The van der Waals surface area contributed by atoms with Crippen LogP contribution >= 0.6 is 0 Å². The summed E-state index contributed by atoms with van der Waals surface area (Å²) >= 11 is 0. The van der Waals surface area contributed by atoms with E-state index in [9.17, 15) is 0 Å². The molecular formula is C17H23N5O2. The van der Waals surface area contributed by atoms with E-state index in [1.54, 1.807) is 0 Å². The average molecular weight is 329 g/mol. The van der Waals surface area contributed by atoms with Gasteiger partial charge in [-0.05, 0) is 26.3 Å². The number of hydrogen-bond acceptors (Lipinski definition) is 7. The smallest absolute Gasteiger partial charge is 0.225 e. The van der Waals surface area contributed by atoms with Gasteiger partial charge in [0, 0.05) is 43.7 Å². The number of anilines is 1. The quantitative estimate of drug-likeness (QED) is 0.849. The Bertz CT molecular complexity index is 666. The fourth-order valence-corrected chi connectivity index (χ4v) is 3.47. The minimum atomic E-state index is 0.310. The highest BCUT2D eigenvalue weighted by atomic mass is 16.5. The second-order valence-corrected chi connectivity index (χ2v) is 6.49. The van der Waals surface area contributed by atoms with Gasteiger partial charge in [-0.3, -0.25) is 4.90 Å². The minimum absolute atomic E-state index is 0.310. The number of morpholine rings is 1. The molecule has 7 nitrogen and oxygen atoms in total. The van der Waals surface area contributed by atoms with Crippen LogP contribution in [0.4, 0.5) is 5.95 Å². The molecule has 0 aromatic carbocycles. The molecule has 2 aliphatic rings. The highest BCUT2D eigenvalue weighted by Gasteiger charge is 2.29. The molecule has 2 aromatic heterocycles. The van der Waals surface area contributed by atoms with Crippen molar-refractivity contribution in [2.75, 3.05) is 37.7 Å². The largest absolute Gasteiger partial charge is 0.378 e. The summed E-state index contributed by atoms with van der Waals surface area (Å²) in [5.74, 6) is 1.77. The molecule has 0 amide bonds. The molecule has 2 fully saturated rings. The van der Waals surface area contributed by atoms with E-state index >= 15 is 0 Å². The Morgan fingerprint density at radius 1 is 1.17 bits per heavy atom. The molecule has 0 aliphatic carbocycles. The molecule has 2 aromatic rings. The molecule has 0 saturated carbocycles. The van der Waals surface area contributed by atoms with Crippen LogP contribution in [0.1, 0.15) is 35.9 Å². The van der Waals surface area contributed by atoms with Crippen molar-refractivity contribution in [3.63, 3.8) is 0 Å². The lowest BCUT2D eigenvalue weighted by atomic mass is 10.1. The van der Waals surface area contributed by atoms with Gasteiger partial charge >= 0.3 is 0 Å². The molecule has 2 saturated heterocycles. The van der Waals surface area contributed by atoms with Crippen molar-refractivity contribution < 1.29 is 9.26 Å². The summed E-state index contributed by atoms with van der Waals surface area (Å²) in [5, 5.41) is 4.02. The van der Waals surface area contributed by atoms with Crippen LogP contribution in [-0.2, 0) is 11.3 Å². The predicted molar refractivity (Wildman–Crippen MR) is 88.7 cm³/mol. The van der Waals surface area contributed by atoms with Crippen molar-refractivity contribution in [1.29, 1.82) is 0 Å². The van der Waals surface area contributed by atoms with Crippen molar-refractivity contribution in [2.45, 2.75) is 32.4 Å². The number of aromatic nitrogens is 3. The van der Waals surface area contributed by atoms with Crippen molar-refractivity contribution in [1.82, 2.24) is 20.0 Å². The van der Waals surface area contributed by atoms with Gasteiger partial charge in [0.1, 0.15) is 0 Å². The van der Waals surface area contributed by atoms with E-state index in [0.29, 0.717) is 6.04 Å². The molecule has 0 N–H and O–H groups in total. The van der Waals surface area contributed by atoms with Crippen molar-refractivity contribution in [2.24, 2.45) is 0 Å². The summed E-state index contributed by atoms with van der Waals surface area (Å²) in [7, 11) is 0. The fourth-order valence-electron chi connectivity index (χ4n) is 3.47. The van der Waals surface area contributed by atoms with Crippen molar-refractivity contribution >= 4 is 5.95 Å². The Morgan fingerprint density at radius 2 is 1.96 bits per heavy atom. The van der Waals surface area contributed by atoms with Gasteiger partial charge in [-0.2, -0.15) is 0 Å². The Kier molecular flexibility index (Phi) is 4.44. The molecule has 0 bridgehead atoms. The van der Waals surface area contributed by atoms with Gasteiger partial charge in [0.05, 0.1) is 24.9 Å². The molecule has 0 spiro atoms. The summed E-state index contributed by atoms with van der Waals surface area (Å²) in [6, 6.07) is 2.35. The van der Waals surface area contributed by atoms with Crippen LogP contribution in [0, 0.1) is 6.92 Å². The zero-order valence-corrected chi connectivity index (χ0v) is 14.0. The van der Waals surface area contributed by atoms with Gasteiger partial charge in [0.2, 0.25) is 5.95 Å². The summed E-state index contributed by atoms with van der Waals surface area (Å²) in [6.07, 6.45) is 6.18. The van der Waals surface area contributed by atoms with Crippen LogP contribution in [0.5, 0.6) is 0 Å². The van der Waals surface area contributed by atoms with Crippen molar-refractivity contribution in [3.05, 3.63) is 35.5 Å². The van der Waals surface area contributed by atoms with Crippen LogP contribution < -0.4 is 4.90 Å². The lowest BCUT2D eigenvalue weighted by Gasteiger charge is -2.27. The topological polar surface area (TPSA) is 67.5 Å². The van der Waals surface area contributed by atoms with Crippen LogP contribution in [0.15, 0.2) is 23.0 Å². The zero-order chi connectivity index (χ0) is 16.4. The van der Waals surface area contributed by atoms with Gasteiger partial charge < -0.3 is 14.2 Å². The van der Waals surface area contributed by atoms with Crippen LogP contribution in [-0.4, -0.2) is 52.9 Å². The molecule has 4 rings (SSSR count). The third-order valence-electron chi connectivity index (χ3n) is 4.71. The van der Waals surface area contributed by atoms with E-state index in [2.05, 4.69) is 24.9 Å². The molecule has 24 heavy (non-hydrogen) atoms. The highest BCUT2D eigenvalue weighted by molar-refractivity contribution is 5.30. The molecule has 1 atom stereocenters. The summed E-state index contributed by atoms with van der Waals surface area (Å²) < 4.78 is 10.8. The number of rotatable bonds is 4. The second-order valence-electron chi connectivity index (χ2n) is 6.49. The van der Waals surface area contributed by atoms with Crippen LogP contribution in [0.25, 0.3) is 0 Å². The maximum Gasteiger partial charge on any atom is 0.225 e. The third-order valence-corrected chi connectivity index (χ3v) is 4.71. The van der Waals surface area contributed by atoms with E-state index in [1.165, 1.54) is 6.42 Å². The Labute approximate surface area is 141 Å². The molecule has 0 radical (unpaired) electrons. The molecular weight excluding hydrogens is 306 g/mol. The molecule has 4 heterocycles. The van der Waals surface area contributed by atoms with Crippen LogP contribution in [0.2, 0.25) is 0 Å². The second kappa shape index (κ2) is 6.86. The maximum absolute atomic E-state index is 5.47. The van der Waals surface area contributed by atoms with Gasteiger partial charge in [0.25, 0.3) is 0 Å². The first-order valence-electron chi connectivity index (χ1n) is 8.60. The maximum atomic E-state index is 5.47. The SMILES string of the molecule is Cc1cc([C@@H]2CCCN2Cc2cnc(N3CCOCC3)nc2)on1. The van der Waals surface area contributed by atoms with E-state index in [4.69, 9.17) is 9.26 Å². The first-order chi connectivity index (χ1) is 11.8. The molecule has 0 unspecified atom stereocenters. The normalized spacial score (nSPS) is 22.2. The number of aryl methyl sites for hydroxylation is 1. The van der Waals surface area contributed by atoms with Crippen molar-refractivity contribution in [3.8, 4) is 0 Å². The fraction of sp³-hybridized carbons (Fsp3) is 0.588. The zero-order valence-electron chi connectivity index (χ0n) is 14.0. The van der Waals surface area contributed by atoms with E-state index < -0.39 is 0 Å². The molecule has 128 valence electrons. The first-order valence-corrected chi connectivity index (χ1v) is 8.60.